The highest BCUT2D eigenvalue weighted by atomic mass is 35.5. The lowest BCUT2D eigenvalue weighted by molar-refractivity contribution is -0.119. The van der Waals surface area contributed by atoms with Gasteiger partial charge in [-0.15, -0.1) is 12.4 Å². The van der Waals surface area contributed by atoms with E-state index >= 15 is 0 Å². The van der Waals surface area contributed by atoms with E-state index in [1.807, 2.05) is 19.9 Å². The summed E-state index contributed by atoms with van der Waals surface area (Å²) in [7, 11) is -3.55. The van der Waals surface area contributed by atoms with Crippen LogP contribution in [0.1, 0.15) is 24.3 Å². The predicted octanol–water partition coefficient (Wildman–Crippen LogP) is 2.49. The summed E-state index contributed by atoms with van der Waals surface area (Å²) in [5.41, 5.74) is 2.04. The minimum Gasteiger partial charge on any atom is -0.441 e. The van der Waals surface area contributed by atoms with Crippen LogP contribution in [0.5, 0.6) is 0 Å². The molecule has 1 aromatic carbocycles. The topological polar surface area (TPSA) is 101 Å². The molecular weight excluding hydrogens is 390 g/mol. The smallest absolute Gasteiger partial charge is 0.245 e. The first-order chi connectivity index (χ1) is 12.2. The van der Waals surface area contributed by atoms with E-state index in [1.165, 1.54) is 0 Å². The van der Waals surface area contributed by atoms with Crippen molar-refractivity contribution in [2.75, 3.05) is 24.7 Å². The highest BCUT2D eigenvalue weighted by Gasteiger charge is 2.48. The third kappa shape index (κ3) is 4.17. The molecule has 0 unspecified atom stereocenters. The monoisotopic (exact) mass is 413 g/mol. The molecule has 2 N–H and O–H groups in total. The fraction of sp³-hybridized carbons (Fsp3) is 0.444. The Morgan fingerprint density at radius 1 is 1.26 bits per heavy atom. The standard InChI is InChI=1S/C18H23N3O4S.ClH/c1-12-13(2)25-16(20-12)14-5-4-6-15(11-14)21-17(22)18(26(3,23)24)7-9-19-10-8-18;/h4-6,11,19H,7-10H2,1-3H3,(H,21,22);1H. The number of carbonyl (C=O) groups is 1. The molecule has 1 fully saturated rings. The van der Waals surface area contributed by atoms with Crippen molar-refractivity contribution < 1.29 is 17.6 Å². The highest BCUT2D eigenvalue weighted by Crippen LogP contribution is 2.30. The van der Waals surface area contributed by atoms with E-state index in [4.69, 9.17) is 4.42 Å². The van der Waals surface area contributed by atoms with Crippen molar-refractivity contribution >= 4 is 33.8 Å². The van der Waals surface area contributed by atoms with Crippen molar-refractivity contribution in [1.29, 1.82) is 0 Å². The van der Waals surface area contributed by atoms with Crippen LogP contribution in [0.25, 0.3) is 11.5 Å². The lowest BCUT2D eigenvalue weighted by Gasteiger charge is -2.34. The first kappa shape index (κ1) is 21.4. The molecule has 1 aromatic heterocycles. The van der Waals surface area contributed by atoms with E-state index < -0.39 is 20.5 Å². The van der Waals surface area contributed by atoms with Gasteiger partial charge in [0.05, 0.1) is 5.69 Å². The van der Waals surface area contributed by atoms with Crippen molar-refractivity contribution in [2.45, 2.75) is 31.4 Å². The number of amides is 1. The SMILES string of the molecule is Cc1nc(-c2cccc(NC(=O)C3(S(C)(=O)=O)CCNCC3)c2)oc1C.Cl. The first-order valence-corrected chi connectivity index (χ1v) is 10.4. The summed E-state index contributed by atoms with van der Waals surface area (Å²) in [6.07, 6.45) is 1.65. The van der Waals surface area contributed by atoms with Gasteiger partial charge in [0.15, 0.2) is 14.6 Å². The zero-order valence-electron chi connectivity index (χ0n) is 15.5. The lowest BCUT2D eigenvalue weighted by atomic mass is 9.95. The van der Waals surface area contributed by atoms with Crippen molar-refractivity contribution in [3.63, 3.8) is 0 Å². The predicted molar refractivity (Wildman–Crippen MR) is 107 cm³/mol. The summed E-state index contributed by atoms with van der Waals surface area (Å²) < 4.78 is 28.9. The Labute approximate surface area is 165 Å². The number of anilines is 1. The van der Waals surface area contributed by atoms with Gasteiger partial charge in [0, 0.05) is 17.5 Å². The number of benzene rings is 1. The normalized spacial score (nSPS) is 16.4. The number of aromatic nitrogens is 1. The number of halogens is 1. The number of hydrogen-bond donors (Lipinski definition) is 2. The van der Waals surface area contributed by atoms with Crippen LogP contribution in [0.15, 0.2) is 28.7 Å². The van der Waals surface area contributed by atoms with Gasteiger partial charge in [0.25, 0.3) is 0 Å². The van der Waals surface area contributed by atoms with Gasteiger partial charge in [-0.05, 0) is 58.0 Å². The molecule has 0 atom stereocenters. The molecule has 9 heteroatoms. The van der Waals surface area contributed by atoms with Crippen LogP contribution in [0.3, 0.4) is 0 Å². The molecule has 7 nitrogen and oxygen atoms in total. The van der Waals surface area contributed by atoms with Gasteiger partial charge in [0.2, 0.25) is 11.8 Å². The Bertz CT molecular complexity index is 914. The summed E-state index contributed by atoms with van der Waals surface area (Å²) >= 11 is 0. The molecule has 0 saturated carbocycles. The Morgan fingerprint density at radius 3 is 2.48 bits per heavy atom. The van der Waals surface area contributed by atoms with Crippen molar-refractivity contribution in [2.24, 2.45) is 0 Å². The molecule has 2 heterocycles. The quantitative estimate of drug-likeness (QED) is 0.798. The van der Waals surface area contributed by atoms with Crippen molar-refractivity contribution in [3.05, 3.63) is 35.7 Å². The van der Waals surface area contributed by atoms with Gasteiger partial charge in [-0.2, -0.15) is 0 Å². The molecule has 0 radical (unpaired) electrons. The van der Waals surface area contributed by atoms with Gasteiger partial charge in [-0.1, -0.05) is 6.07 Å². The molecular formula is C18H24ClN3O4S. The number of aryl methyl sites for hydroxylation is 2. The van der Waals surface area contributed by atoms with E-state index in [2.05, 4.69) is 15.6 Å². The Morgan fingerprint density at radius 2 is 1.93 bits per heavy atom. The summed E-state index contributed by atoms with van der Waals surface area (Å²) in [4.78, 5) is 17.2. The van der Waals surface area contributed by atoms with Crippen LogP contribution in [0.4, 0.5) is 5.69 Å². The second-order valence-electron chi connectivity index (χ2n) is 6.71. The minimum absolute atomic E-state index is 0. The molecule has 27 heavy (non-hydrogen) atoms. The number of nitrogens with zero attached hydrogens (tertiary/aromatic N) is 1. The van der Waals surface area contributed by atoms with Crippen LogP contribution >= 0.6 is 12.4 Å². The number of hydrogen-bond acceptors (Lipinski definition) is 6. The largest absolute Gasteiger partial charge is 0.441 e. The van der Waals surface area contributed by atoms with Gasteiger partial charge in [-0.25, -0.2) is 13.4 Å². The maximum Gasteiger partial charge on any atom is 0.245 e. The first-order valence-electron chi connectivity index (χ1n) is 8.49. The van der Waals surface area contributed by atoms with Gasteiger partial charge in [-0.3, -0.25) is 4.79 Å². The Kier molecular flexibility index (Phi) is 6.34. The zero-order valence-corrected chi connectivity index (χ0v) is 17.2. The fourth-order valence-electron chi connectivity index (χ4n) is 3.17. The second kappa shape index (κ2) is 8.00. The number of sulfone groups is 1. The van der Waals surface area contributed by atoms with E-state index in [1.54, 1.807) is 18.2 Å². The molecule has 2 aromatic rings. The number of piperidine rings is 1. The average Bonchev–Trinajstić information content (AvgIpc) is 2.94. The lowest BCUT2D eigenvalue weighted by Crippen LogP contribution is -2.55. The number of oxazole rings is 1. The Balaban J connectivity index is 0.00000261. The molecule has 1 saturated heterocycles. The minimum atomic E-state index is -3.55. The number of carbonyl (C=O) groups excluding carboxylic acids is 1. The van der Waals surface area contributed by atoms with Crippen LogP contribution in [0.2, 0.25) is 0 Å². The van der Waals surface area contributed by atoms with Gasteiger partial charge < -0.3 is 15.1 Å². The number of rotatable bonds is 4. The molecule has 1 aliphatic heterocycles. The molecule has 1 amide bonds. The second-order valence-corrected chi connectivity index (χ2v) is 9.04. The number of nitrogens with one attached hydrogen (secondary N) is 2. The fourth-order valence-corrected chi connectivity index (χ4v) is 4.50. The average molecular weight is 414 g/mol. The van der Waals surface area contributed by atoms with Crippen LogP contribution in [0, 0.1) is 13.8 Å². The van der Waals surface area contributed by atoms with E-state index in [9.17, 15) is 13.2 Å². The molecule has 3 rings (SSSR count). The Hall–Kier alpha value is -1.90. The van der Waals surface area contributed by atoms with Gasteiger partial charge in [0.1, 0.15) is 5.76 Å². The zero-order chi connectivity index (χ0) is 18.9. The summed E-state index contributed by atoms with van der Waals surface area (Å²) in [6.45, 7) is 4.69. The highest BCUT2D eigenvalue weighted by molar-refractivity contribution is 7.92. The third-order valence-electron chi connectivity index (χ3n) is 4.93. The van der Waals surface area contributed by atoms with Crippen molar-refractivity contribution in [1.82, 2.24) is 10.3 Å². The summed E-state index contributed by atoms with van der Waals surface area (Å²) in [5.74, 6) is 0.717. The molecule has 0 bridgehead atoms. The molecule has 148 valence electrons. The summed E-state index contributed by atoms with van der Waals surface area (Å²) in [6, 6.07) is 7.06. The third-order valence-corrected chi connectivity index (χ3v) is 6.94. The van der Waals surface area contributed by atoms with Crippen LogP contribution in [-0.2, 0) is 14.6 Å². The van der Waals surface area contributed by atoms with E-state index in [0.717, 1.165) is 23.3 Å². The van der Waals surface area contributed by atoms with Crippen molar-refractivity contribution in [3.8, 4) is 11.5 Å². The molecule has 0 aliphatic carbocycles. The molecule has 0 spiro atoms. The maximum atomic E-state index is 12.9. The van der Waals surface area contributed by atoms with E-state index in [-0.39, 0.29) is 25.2 Å². The van der Waals surface area contributed by atoms with E-state index in [0.29, 0.717) is 24.7 Å². The van der Waals surface area contributed by atoms with Crippen LogP contribution < -0.4 is 10.6 Å². The van der Waals surface area contributed by atoms with Crippen LogP contribution in [-0.4, -0.2) is 43.4 Å². The van der Waals surface area contributed by atoms with Gasteiger partial charge >= 0.3 is 0 Å². The summed E-state index contributed by atoms with van der Waals surface area (Å²) in [5, 5.41) is 5.88. The maximum absolute atomic E-state index is 12.9. The molecule has 1 aliphatic rings.